The molecular formula is C12H11F3N6. The van der Waals surface area contributed by atoms with Crippen LogP contribution in [0.15, 0.2) is 30.7 Å². The second-order valence-corrected chi connectivity index (χ2v) is 4.47. The Morgan fingerprint density at radius 3 is 2.71 bits per heavy atom. The lowest BCUT2D eigenvalue weighted by molar-refractivity contribution is -0.141. The summed E-state index contributed by atoms with van der Waals surface area (Å²) in [7, 11) is 1.79. The fourth-order valence-electron chi connectivity index (χ4n) is 1.93. The van der Waals surface area contributed by atoms with Gasteiger partial charge in [-0.3, -0.25) is 4.68 Å². The number of hydrogen-bond donors (Lipinski definition) is 1. The molecule has 110 valence electrons. The summed E-state index contributed by atoms with van der Waals surface area (Å²) in [4.78, 5) is 4.05. The van der Waals surface area contributed by atoms with E-state index in [0.29, 0.717) is 12.4 Å². The van der Waals surface area contributed by atoms with Crippen molar-refractivity contribution < 1.29 is 13.2 Å². The van der Waals surface area contributed by atoms with Gasteiger partial charge in [0.1, 0.15) is 5.52 Å². The number of rotatable bonds is 3. The van der Waals surface area contributed by atoms with Crippen molar-refractivity contribution in [1.82, 2.24) is 24.4 Å². The Balaban J connectivity index is 1.89. The number of hydrogen-bond acceptors (Lipinski definition) is 4. The molecule has 21 heavy (non-hydrogen) atoms. The first-order valence-electron chi connectivity index (χ1n) is 6.07. The molecule has 0 saturated carbocycles. The number of alkyl halides is 3. The van der Waals surface area contributed by atoms with Crippen molar-refractivity contribution in [1.29, 1.82) is 0 Å². The molecule has 0 aliphatic carbocycles. The summed E-state index contributed by atoms with van der Waals surface area (Å²) in [5, 5.41) is 10.6. The number of aryl methyl sites for hydroxylation is 1. The van der Waals surface area contributed by atoms with E-state index in [4.69, 9.17) is 0 Å². The Hall–Kier alpha value is -2.58. The summed E-state index contributed by atoms with van der Waals surface area (Å²) in [5.74, 6) is 0.325. The minimum absolute atomic E-state index is 0.265. The lowest BCUT2D eigenvalue weighted by atomic mass is 10.3. The van der Waals surface area contributed by atoms with E-state index >= 15 is 0 Å². The van der Waals surface area contributed by atoms with Crippen molar-refractivity contribution in [3.63, 3.8) is 0 Å². The average Bonchev–Trinajstić information content (AvgIpc) is 3.01. The van der Waals surface area contributed by atoms with Crippen molar-refractivity contribution in [2.45, 2.75) is 12.7 Å². The SMILES string of the molecule is Cn1ccc(CNc2nccn3nc(C(F)(F)F)cc23)n1. The van der Waals surface area contributed by atoms with Gasteiger partial charge in [0, 0.05) is 31.7 Å². The Bertz CT molecular complexity index is 773. The summed E-state index contributed by atoms with van der Waals surface area (Å²) >= 11 is 0. The highest BCUT2D eigenvalue weighted by Gasteiger charge is 2.34. The van der Waals surface area contributed by atoms with Crippen LogP contribution < -0.4 is 5.32 Å². The lowest BCUT2D eigenvalue weighted by Crippen LogP contribution is -2.05. The van der Waals surface area contributed by atoms with Crippen molar-refractivity contribution in [3.8, 4) is 0 Å². The molecule has 1 N–H and O–H groups in total. The number of nitrogens with one attached hydrogen (secondary N) is 1. The van der Waals surface area contributed by atoms with E-state index in [1.807, 2.05) is 6.07 Å². The van der Waals surface area contributed by atoms with Crippen LogP contribution in [0.2, 0.25) is 0 Å². The molecule has 0 bridgehead atoms. The third-order valence-electron chi connectivity index (χ3n) is 2.89. The lowest BCUT2D eigenvalue weighted by Gasteiger charge is -2.04. The predicted molar refractivity (Wildman–Crippen MR) is 68.5 cm³/mol. The van der Waals surface area contributed by atoms with Gasteiger partial charge < -0.3 is 5.32 Å². The summed E-state index contributed by atoms with van der Waals surface area (Å²) in [6.45, 7) is 0.361. The van der Waals surface area contributed by atoms with Gasteiger partial charge in [0.15, 0.2) is 11.5 Å². The highest BCUT2D eigenvalue weighted by Crippen LogP contribution is 2.30. The molecule has 0 fully saturated rings. The van der Waals surface area contributed by atoms with Crippen LogP contribution in [0.5, 0.6) is 0 Å². The monoisotopic (exact) mass is 296 g/mol. The smallest absolute Gasteiger partial charge is 0.363 e. The van der Waals surface area contributed by atoms with Crippen LogP contribution in [0.4, 0.5) is 19.0 Å². The van der Waals surface area contributed by atoms with E-state index in [2.05, 4.69) is 20.5 Å². The van der Waals surface area contributed by atoms with Crippen LogP contribution in [0.25, 0.3) is 5.52 Å². The van der Waals surface area contributed by atoms with Crippen molar-refractivity contribution in [3.05, 3.63) is 42.1 Å². The third kappa shape index (κ3) is 2.67. The summed E-state index contributed by atoms with van der Waals surface area (Å²) < 4.78 is 40.8. The van der Waals surface area contributed by atoms with Gasteiger partial charge in [-0.15, -0.1) is 0 Å². The zero-order valence-electron chi connectivity index (χ0n) is 11.0. The highest BCUT2D eigenvalue weighted by molar-refractivity contribution is 5.67. The van der Waals surface area contributed by atoms with Gasteiger partial charge in [-0.05, 0) is 6.07 Å². The summed E-state index contributed by atoms with van der Waals surface area (Å²) in [6, 6.07) is 2.78. The van der Waals surface area contributed by atoms with Crippen LogP contribution in [-0.2, 0) is 19.8 Å². The molecule has 9 heteroatoms. The predicted octanol–water partition coefficient (Wildman–Crippen LogP) is 2.09. The summed E-state index contributed by atoms with van der Waals surface area (Å²) in [6.07, 6.45) is 0.0628. The second-order valence-electron chi connectivity index (χ2n) is 4.47. The first-order chi connectivity index (χ1) is 9.93. The molecule has 0 saturated heterocycles. The molecule has 0 aromatic carbocycles. The normalized spacial score (nSPS) is 12.0. The number of aromatic nitrogens is 5. The van der Waals surface area contributed by atoms with Gasteiger partial charge in [0.2, 0.25) is 0 Å². The fraction of sp³-hybridized carbons (Fsp3) is 0.250. The van der Waals surface area contributed by atoms with Crippen LogP contribution >= 0.6 is 0 Å². The largest absolute Gasteiger partial charge is 0.435 e. The van der Waals surface area contributed by atoms with Crippen LogP contribution in [0.1, 0.15) is 11.4 Å². The van der Waals surface area contributed by atoms with Crippen molar-refractivity contribution in [2.75, 3.05) is 5.32 Å². The Morgan fingerprint density at radius 2 is 2.05 bits per heavy atom. The molecule has 3 heterocycles. The van der Waals surface area contributed by atoms with E-state index in [9.17, 15) is 13.2 Å². The zero-order valence-corrected chi connectivity index (χ0v) is 11.0. The maximum Gasteiger partial charge on any atom is 0.435 e. The molecule has 3 aromatic rings. The van der Waals surface area contributed by atoms with Crippen LogP contribution in [0, 0.1) is 0 Å². The van der Waals surface area contributed by atoms with E-state index in [1.54, 1.807) is 17.9 Å². The third-order valence-corrected chi connectivity index (χ3v) is 2.89. The Morgan fingerprint density at radius 1 is 1.24 bits per heavy atom. The zero-order chi connectivity index (χ0) is 15.0. The van der Waals surface area contributed by atoms with Gasteiger partial charge in [-0.2, -0.15) is 23.4 Å². The molecule has 0 amide bonds. The summed E-state index contributed by atoms with van der Waals surface area (Å²) in [5.41, 5.74) is 0.0778. The standard InChI is InChI=1S/C12H11F3N6/c1-20-4-2-8(18-20)7-17-11-9-6-10(12(13,14)15)19-21(9)5-3-16-11/h2-6H,7H2,1H3,(H,16,17). The molecule has 0 aliphatic rings. The molecule has 0 radical (unpaired) electrons. The Kier molecular flexibility index (Phi) is 3.04. The number of nitrogens with zero attached hydrogens (tertiary/aromatic N) is 5. The maximum absolute atomic E-state index is 12.7. The van der Waals surface area contributed by atoms with Crippen LogP contribution in [-0.4, -0.2) is 24.4 Å². The number of fused-ring (bicyclic) bond motifs is 1. The van der Waals surface area contributed by atoms with Gasteiger partial charge >= 0.3 is 6.18 Å². The van der Waals surface area contributed by atoms with Crippen molar-refractivity contribution in [2.24, 2.45) is 7.05 Å². The first-order valence-corrected chi connectivity index (χ1v) is 6.07. The van der Waals surface area contributed by atoms with Gasteiger partial charge in [-0.1, -0.05) is 0 Å². The molecule has 0 unspecified atom stereocenters. The second kappa shape index (κ2) is 4.76. The Labute approximate surface area is 117 Å². The molecule has 0 aliphatic heterocycles. The van der Waals surface area contributed by atoms with Gasteiger partial charge in [-0.25, -0.2) is 9.50 Å². The van der Waals surface area contributed by atoms with Crippen LogP contribution in [0.3, 0.4) is 0 Å². The fourth-order valence-corrected chi connectivity index (χ4v) is 1.93. The quantitative estimate of drug-likeness (QED) is 0.804. The van der Waals surface area contributed by atoms with E-state index < -0.39 is 11.9 Å². The average molecular weight is 296 g/mol. The number of halogens is 3. The van der Waals surface area contributed by atoms with Crippen molar-refractivity contribution >= 4 is 11.3 Å². The first kappa shape index (κ1) is 13.4. The molecule has 6 nitrogen and oxygen atoms in total. The topological polar surface area (TPSA) is 60.0 Å². The maximum atomic E-state index is 12.7. The van der Waals surface area contributed by atoms with E-state index in [1.165, 1.54) is 12.4 Å². The van der Waals surface area contributed by atoms with E-state index in [-0.39, 0.29) is 5.52 Å². The highest BCUT2D eigenvalue weighted by atomic mass is 19.4. The number of anilines is 1. The molecule has 3 aromatic heterocycles. The molecule has 0 atom stereocenters. The van der Waals surface area contributed by atoms with E-state index in [0.717, 1.165) is 16.3 Å². The molecule has 0 spiro atoms. The molecular weight excluding hydrogens is 285 g/mol. The van der Waals surface area contributed by atoms with Gasteiger partial charge in [0.05, 0.1) is 12.2 Å². The molecule has 3 rings (SSSR count). The minimum atomic E-state index is -4.48. The minimum Gasteiger partial charge on any atom is -0.363 e. The van der Waals surface area contributed by atoms with Gasteiger partial charge in [0.25, 0.3) is 0 Å².